The van der Waals surface area contributed by atoms with Crippen molar-refractivity contribution < 1.29 is 10.0 Å². The van der Waals surface area contributed by atoms with Crippen LogP contribution in [0.15, 0.2) is 5.16 Å². The Morgan fingerprint density at radius 1 is 1.29 bits per heavy atom. The minimum absolute atomic E-state index is 0.00662. The molecule has 1 atom stereocenters. The zero-order chi connectivity index (χ0) is 13.3. The fourth-order valence-electron chi connectivity index (χ4n) is 1.85. The second kappa shape index (κ2) is 8.84. The van der Waals surface area contributed by atoms with Crippen LogP contribution in [0.3, 0.4) is 0 Å². The Morgan fingerprint density at radius 3 is 2.18 bits per heavy atom. The van der Waals surface area contributed by atoms with Crippen LogP contribution >= 0.6 is 0 Å². The molecule has 4 N–H and O–H groups in total. The molecule has 0 radical (unpaired) electrons. The van der Waals surface area contributed by atoms with Gasteiger partial charge in [-0.05, 0) is 19.3 Å². The maximum atomic E-state index is 12.0. The summed E-state index contributed by atoms with van der Waals surface area (Å²) in [5.74, 6) is 0.102. The molecule has 0 aliphatic rings. The minimum Gasteiger partial charge on any atom is -0.409 e. The standard InChI is InChI=1S/C12H25N3O2/c1-4-7-9(8-5-2)12(16)14-10(6-3)11(13)15-17/h9-10,17H,4-8H2,1-3H3,(H2,13,15)(H,14,16). The highest BCUT2D eigenvalue weighted by Crippen LogP contribution is 2.14. The maximum absolute atomic E-state index is 12.0. The number of hydrogen-bond acceptors (Lipinski definition) is 3. The molecule has 0 aromatic carbocycles. The third kappa shape index (κ3) is 5.56. The number of oxime groups is 1. The van der Waals surface area contributed by atoms with Crippen molar-refractivity contribution in [2.75, 3.05) is 0 Å². The first kappa shape index (κ1) is 15.7. The van der Waals surface area contributed by atoms with E-state index in [-0.39, 0.29) is 23.7 Å². The van der Waals surface area contributed by atoms with Crippen molar-refractivity contribution >= 4 is 11.7 Å². The third-order valence-electron chi connectivity index (χ3n) is 2.84. The fraction of sp³-hybridized carbons (Fsp3) is 0.833. The van der Waals surface area contributed by atoms with E-state index in [1.54, 1.807) is 0 Å². The Hall–Kier alpha value is -1.26. The molecule has 0 saturated carbocycles. The van der Waals surface area contributed by atoms with E-state index < -0.39 is 0 Å². The smallest absolute Gasteiger partial charge is 0.223 e. The van der Waals surface area contributed by atoms with Crippen molar-refractivity contribution in [2.45, 2.75) is 58.9 Å². The first-order valence-corrected chi connectivity index (χ1v) is 6.38. The molecule has 0 bridgehead atoms. The number of amidine groups is 1. The molecule has 0 spiro atoms. The lowest BCUT2D eigenvalue weighted by Gasteiger charge is -2.20. The Kier molecular flexibility index (Phi) is 8.19. The highest BCUT2D eigenvalue weighted by molar-refractivity contribution is 5.90. The van der Waals surface area contributed by atoms with Crippen LogP contribution in [0.4, 0.5) is 0 Å². The number of rotatable bonds is 8. The quantitative estimate of drug-likeness (QED) is 0.263. The van der Waals surface area contributed by atoms with E-state index in [0.29, 0.717) is 6.42 Å². The minimum atomic E-state index is -0.372. The van der Waals surface area contributed by atoms with Crippen LogP contribution in [0.5, 0.6) is 0 Å². The van der Waals surface area contributed by atoms with E-state index in [9.17, 15) is 4.79 Å². The number of amides is 1. The molecule has 100 valence electrons. The van der Waals surface area contributed by atoms with Gasteiger partial charge in [0.1, 0.15) is 0 Å². The summed E-state index contributed by atoms with van der Waals surface area (Å²) in [5.41, 5.74) is 5.51. The summed E-state index contributed by atoms with van der Waals surface area (Å²) in [4.78, 5) is 12.0. The monoisotopic (exact) mass is 243 g/mol. The zero-order valence-corrected chi connectivity index (χ0v) is 11.1. The van der Waals surface area contributed by atoms with Crippen molar-refractivity contribution in [2.24, 2.45) is 16.8 Å². The number of hydrogen-bond donors (Lipinski definition) is 3. The Bertz CT molecular complexity index is 248. The number of carbonyl (C=O) groups is 1. The average molecular weight is 243 g/mol. The number of nitrogens with two attached hydrogens (primary N) is 1. The Labute approximate surface area is 103 Å². The van der Waals surface area contributed by atoms with E-state index in [0.717, 1.165) is 25.7 Å². The van der Waals surface area contributed by atoms with E-state index in [1.165, 1.54) is 0 Å². The third-order valence-corrected chi connectivity index (χ3v) is 2.84. The lowest BCUT2D eigenvalue weighted by molar-refractivity contribution is -0.125. The van der Waals surface area contributed by atoms with Crippen molar-refractivity contribution in [1.29, 1.82) is 0 Å². The van der Waals surface area contributed by atoms with E-state index in [2.05, 4.69) is 24.3 Å². The van der Waals surface area contributed by atoms with Crippen molar-refractivity contribution in [3.05, 3.63) is 0 Å². The van der Waals surface area contributed by atoms with Crippen LogP contribution in [-0.4, -0.2) is 23.0 Å². The van der Waals surface area contributed by atoms with Gasteiger partial charge in [0.15, 0.2) is 5.84 Å². The molecule has 0 aromatic heterocycles. The number of carbonyl (C=O) groups excluding carboxylic acids is 1. The van der Waals surface area contributed by atoms with Crippen LogP contribution in [0.25, 0.3) is 0 Å². The number of nitrogens with zero attached hydrogens (tertiary/aromatic N) is 1. The summed E-state index contributed by atoms with van der Waals surface area (Å²) in [6.07, 6.45) is 4.35. The molecular weight excluding hydrogens is 218 g/mol. The molecular formula is C12H25N3O2. The van der Waals surface area contributed by atoms with Crippen LogP contribution in [0.1, 0.15) is 52.9 Å². The van der Waals surface area contributed by atoms with Gasteiger partial charge in [0.2, 0.25) is 5.91 Å². The molecule has 0 heterocycles. The molecule has 0 fully saturated rings. The average Bonchev–Trinajstić information content (AvgIpc) is 2.34. The molecule has 0 aliphatic carbocycles. The molecule has 5 nitrogen and oxygen atoms in total. The largest absolute Gasteiger partial charge is 0.409 e. The van der Waals surface area contributed by atoms with Gasteiger partial charge in [-0.2, -0.15) is 0 Å². The van der Waals surface area contributed by atoms with Gasteiger partial charge in [0, 0.05) is 5.92 Å². The van der Waals surface area contributed by atoms with Gasteiger partial charge in [-0.15, -0.1) is 0 Å². The topological polar surface area (TPSA) is 87.7 Å². The Balaban J connectivity index is 4.45. The summed E-state index contributed by atoms with van der Waals surface area (Å²) in [6, 6.07) is -0.372. The van der Waals surface area contributed by atoms with Gasteiger partial charge < -0.3 is 16.3 Å². The molecule has 1 amide bonds. The molecule has 1 unspecified atom stereocenters. The predicted octanol–water partition coefficient (Wildman–Crippen LogP) is 1.84. The first-order chi connectivity index (χ1) is 8.10. The van der Waals surface area contributed by atoms with Crippen molar-refractivity contribution in [1.82, 2.24) is 5.32 Å². The second-order valence-corrected chi connectivity index (χ2v) is 4.27. The molecule has 17 heavy (non-hydrogen) atoms. The normalized spacial score (nSPS) is 13.8. The molecule has 0 rings (SSSR count). The molecule has 0 saturated heterocycles. The van der Waals surface area contributed by atoms with Gasteiger partial charge in [-0.25, -0.2) is 0 Å². The first-order valence-electron chi connectivity index (χ1n) is 6.38. The highest BCUT2D eigenvalue weighted by Gasteiger charge is 2.21. The van der Waals surface area contributed by atoms with Gasteiger partial charge in [0.25, 0.3) is 0 Å². The Morgan fingerprint density at radius 2 is 1.82 bits per heavy atom. The van der Waals surface area contributed by atoms with Gasteiger partial charge in [-0.1, -0.05) is 38.8 Å². The van der Waals surface area contributed by atoms with E-state index in [1.807, 2.05) is 6.92 Å². The van der Waals surface area contributed by atoms with Crippen LogP contribution in [-0.2, 0) is 4.79 Å². The summed E-state index contributed by atoms with van der Waals surface area (Å²) in [5, 5.41) is 14.4. The van der Waals surface area contributed by atoms with Crippen molar-refractivity contribution in [3.63, 3.8) is 0 Å². The van der Waals surface area contributed by atoms with Gasteiger partial charge in [-0.3, -0.25) is 4.79 Å². The van der Waals surface area contributed by atoms with E-state index >= 15 is 0 Å². The van der Waals surface area contributed by atoms with Crippen LogP contribution < -0.4 is 11.1 Å². The van der Waals surface area contributed by atoms with Gasteiger partial charge >= 0.3 is 0 Å². The lowest BCUT2D eigenvalue weighted by Crippen LogP contribution is -2.46. The van der Waals surface area contributed by atoms with Gasteiger partial charge in [0.05, 0.1) is 6.04 Å². The predicted molar refractivity (Wildman–Crippen MR) is 68.9 cm³/mol. The number of nitrogens with one attached hydrogen (secondary N) is 1. The van der Waals surface area contributed by atoms with Crippen LogP contribution in [0, 0.1) is 5.92 Å². The van der Waals surface area contributed by atoms with Crippen molar-refractivity contribution in [3.8, 4) is 0 Å². The summed E-state index contributed by atoms with van der Waals surface area (Å²) < 4.78 is 0. The molecule has 0 aliphatic heterocycles. The maximum Gasteiger partial charge on any atom is 0.223 e. The summed E-state index contributed by atoms with van der Waals surface area (Å²) in [6.45, 7) is 6.02. The summed E-state index contributed by atoms with van der Waals surface area (Å²) >= 11 is 0. The SMILES string of the molecule is CCCC(CCC)C(=O)NC(CC)C(N)=NO. The fourth-order valence-corrected chi connectivity index (χ4v) is 1.85. The highest BCUT2D eigenvalue weighted by atomic mass is 16.4. The van der Waals surface area contributed by atoms with Crippen LogP contribution in [0.2, 0.25) is 0 Å². The van der Waals surface area contributed by atoms with E-state index in [4.69, 9.17) is 10.9 Å². The molecule has 5 heteroatoms. The molecule has 0 aromatic rings. The lowest BCUT2D eigenvalue weighted by atomic mass is 9.97. The summed E-state index contributed by atoms with van der Waals surface area (Å²) in [7, 11) is 0. The zero-order valence-electron chi connectivity index (χ0n) is 11.1. The second-order valence-electron chi connectivity index (χ2n) is 4.27.